The molecule has 10 rings (SSSR count). The van der Waals surface area contributed by atoms with Gasteiger partial charge in [0.25, 0.3) is 0 Å². The third-order valence-electron chi connectivity index (χ3n) is 10.5. The summed E-state index contributed by atoms with van der Waals surface area (Å²) in [5.41, 5.74) is 16.3. The van der Waals surface area contributed by atoms with Crippen LogP contribution in [0.15, 0.2) is 158 Å². The van der Waals surface area contributed by atoms with E-state index in [4.69, 9.17) is 0 Å². The van der Waals surface area contributed by atoms with Crippen LogP contribution in [0.3, 0.4) is 0 Å². The van der Waals surface area contributed by atoms with Crippen LogP contribution in [0.5, 0.6) is 0 Å². The lowest BCUT2D eigenvalue weighted by molar-refractivity contribution is 0.815. The standard InChI is InChI=1S/C46H36N6/c1-2-4-30(5-3-1)38-21-18-34-12-13-35-19-22-39(52-46(35)45(34)51-38)31-8-6-29(7-9-31)36-14-10-32-16-20-40(49-43(32)26-36)37-15-11-33-17-23-42(50-44(33)27-37)41-24-25-47-28-48-41/h1-28,38-39,42-43,49-52H. The fraction of sp³-hybridized carbons (Fsp3) is 0.0870. The van der Waals surface area contributed by atoms with E-state index in [-0.39, 0.29) is 24.2 Å². The van der Waals surface area contributed by atoms with Gasteiger partial charge in [-0.25, -0.2) is 9.97 Å². The number of aromatic nitrogens is 2. The summed E-state index contributed by atoms with van der Waals surface area (Å²) in [6.07, 6.45) is 27.9. The van der Waals surface area contributed by atoms with Crippen LogP contribution < -0.4 is 21.3 Å². The van der Waals surface area contributed by atoms with Gasteiger partial charge >= 0.3 is 0 Å². The van der Waals surface area contributed by atoms with Gasteiger partial charge in [0.05, 0.1) is 41.2 Å². The quantitative estimate of drug-likeness (QED) is 0.149. The fourth-order valence-electron chi connectivity index (χ4n) is 7.70. The van der Waals surface area contributed by atoms with E-state index in [9.17, 15) is 0 Å². The van der Waals surface area contributed by atoms with Gasteiger partial charge in [-0.15, -0.1) is 0 Å². The van der Waals surface area contributed by atoms with E-state index in [2.05, 4.69) is 183 Å². The van der Waals surface area contributed by atoms with Gasteiger partial charge in [0.1, 0.15) is 6.33 Å². The highest BCUT2D eigenvalue weighted by Gasteiger charge is 2.25. The average molecular weight is 673 g/mol. The van der Waals surface area contributed by atoms with E-state index in [0.717, 1.165) is 34.0 Å². The van der Waals surface area contributed by atoms with Crippen molar-refractivity contribution in [2.24, 2.45) is 0 Å². The first-order chi connectivity index (χ1) is 25.7. The first-order valence-electron chi connectivity index (χ1n) is 17.9. The van der Waals surface area contributed by atoms with E-state index in [0.29, 0.717) is 0 Å². The molecule has 0 amide bonds. The smallest absolute Gasteiger partial charge is 0.115 e. The summed E-state index contributed by atoms with van der Waals surface area (Å²) < 4.78 is 0. The van der Waals surface area contributed by atoms with E-state index < -0.39 is 0 Å². The number of fused-ring (bicyclic) bond motifs is 5. The Morgan fingerprint density at radius 1 is 0.519 bits per heavy atom. The molecule has 0 radical (unpaired) electrons. The van der Waals surface area contributed by atoms with Gasteiger partial charge in [-0.1, -0.05) is 140 Å². The minimum absolute atomic E-state index is 0.0130. The molecule has 52 heavy (non-hydrogen) atoms. The van der Waals surface area contributed by atoms with Crippen molar-refractivity contribution in [2.75, 3.05) is 16.0 Å². The van der Waals surface area contributed by atoms with Crippen molar-refractivity contribution in [3.05, 3.63) is 202 Å². The minimum atomic E-state index is 0.0130. The van der Waals surface area contributed by atoms with E-state index in [1.807, 2.05) is 6.07 Å². The van der Waals surface area contributed by atoms with Crippen LogP contribution in [0.2, 0.25) is 0 Å². The van der Waals surface area contributed by atoms with Gasteiger partial charge in [-0.2, -0.15) is 0 Å². The lowest BCUT2D eigenvalue weighted by Crippen LogP contribution is -2.31. The number of anilines is 3. The maximum atomic E-state index is 4.45. The number of nitrogens with one attached hydrogen (secondary N) is 4. The van der Waals surface area contributed by atoms with Crippen molar-refractivity contribution in [3.63, 3.8) is 0 Å². The molecule has 1 aromatic heterocycles. The Kier molecular flexibility index (Phi) is 7.31. The van der Waals surface area contributed by atoms with E-state index in [1.54, 1.807) is 12.5 Å². The van der Waals surface area contributed by atoms with Gasteiger partial charge in [0.15, 0.2) is 0 Å². The number of rotatable bonds is 5. The predicted octanol–water partition coefficient (Wildman–Crippen LogP) is 9.91. The van der Waals surface area contributed by atoms with Crippen molar-refractivity contribution in [1.29, 1.82) is 0 Å². The number of allylic oxidation sites excluding steroid dienone is 4. The molecule has 4 atom stereocenters. The number of hydrogen-bond acceptors (Lipinski definition) is 6. The molecule has 4 aliphatic heterocycles. The molecule has 0 fully saturated rings. The first-order valence-corrected chi connectivity index (χ1v) is 17.9. The molecular formula is C46H36N6. The van der Waals surface area contributed by atoms with Crippen LogP contribution in [-0.4, -0.2) is 16.0 Å². The highest BCUT2D eigenvalue weighted by Crippen LogP contribution is 2.42. The second kappa shape index (κ2) is 12.6. The van der Waals surface area contributed by atoms with Crippen LogP contribution in [0.4, 0.5) is 17.1 Å². The lowest BCUT2D eigenvalue weighted by Gasteiger charge is -2.30. The largest absolute Gasteiger partial charge is 0.374 e. The molecule has 1 aliphatic carbocycles. The molecule has 5 aliphatic rings. The lowest BCUT2D eigenvalue weighted by atomic mass is 9.89. The van der Waals surface area contributed by atoms with Crippen LogP contribution >= 0.6 is 0 Å². The first kappa shape index (κ1) is 30.2. The monoisotopic (exact) mass is 672 g/mol. The zero-order valence-corrected chi connectivity index (χ0v) is 28.4. The summed E-state index contributed by atoms with van der Waals surface area (Å²) in [5, 5.41) is 15.1. The molecule has 5 aromatic rings. The number of dihydropyridines is 1. The molecular weight excluding hydrogens is 637 g/mol. The van der Waals surface area contributed by atoms with Crippen molar-refractivity contribution in [2.45, 2.75) is 24.2 Å². The zero-order chi connectivity index (χ0) is 34.4. The zero-order valence-electron chi connectivity index (χ0n) is 28.4. The molecule has 5 heterocycles. The van der Waals surface area contributed by atoms with Gasteiger partial charge in [-0.05, 0) is 68.3 Å². The van der Waals surface area contributed by atoms with Gasteiger partial charge in [-0.3, -0.25) is 0 Å². The van der Waals surface area contributed by atoms with Gasteiger partial charge < -0.3 is 21.3 Å². The summed E-state index contributed by atoms with van der Waals surface area (Å²) >= 11 is 0. The molecule has 0 saturated carbocycles. The Morgan fingerprint density at radius 2 is 1.21 bits per heavy atom. The van der Waals surface area contributed by atoms with Gasteiger partial charge in [0.2, 0.25) is 0 Å². The minimum Gasteiger partial charge on any atom is -0.374 e. The topological polar surface area (TPSA) is 73.9 Å². The third kappa shape index (κ3) is 5.55. The Morgan fingerprint density at radius 3 is 1.96 bits per heavy atom. The Balaban J connectivity index is 0.846. The van der Waals surface area contributed by atoms with Crippen LogP contribution in [-0.2, 0) is 0 Å². The Labute approximate surface area is 303 Å². The second-order valence-electron chi connectivity index (χ2n) is 13.7. The number of benzene rings is 4. The summed E-state index contributed by atoms with van der Waals surface area (Å²) in [6, 6.07) is 32.9. The van der Waals surface area contributed by atoms with Crippen LogP contribution in [0.25, 0.3) is 29.5 Å². The molecule has 250 valence electrons. The summed E-state index contributed by atoms with van der Waals surface area (Å²) in [7, 11) is 0. The van der Waals surface area contributed by atoms with E-state index in [1.165, 1.54) is 44.5 Å². The number of nitrogens with zero attached hydrogens (tertiary/aromatic N) is 2. The van der Waals surface area contributed by atoms with Crippen molar-refractivity contribution in [1.82, 2.24) is 15.3 Å². The maximum Gasteiger partial charge on any atom is 0.115 e. The molecule has 0 bridgehead atoms. The normalized spacial score (nSPS) is 21.7. The Hall–Kier alpha value is -6.66. The predicted molar refractivity (Wildman–Crippen MR) is 214 cm³/mol. The fourth-order valence-corrected chi connectivity index (χ4v) is 7.70. The summed E-state index contributed by atoms with van der Waals surface area (Å²) in [4.78, 5) is 8.51. The molecule has 4 aromatic carbocycles. The van der Waals surface area contributed by atoms with Crippen LogP contribution in [0.1, 0.15) is 62.8 Å². The molecule has 4 unspecified atom stereocenters. The summed E-state index contributed by atoms with van der Waals surface area (Å²) in [6.45, 7) is 0. The van der Waals surface area contributed by atoms with Crippen LogP contribution in [0, 0.1) is 0 Å². The third-order valence-corrected chi connectivity index (χ3v) is 10.5. The van der Waals surface area contributed by atoms with Crippen molar-refractivity contribution < 1.29 is 0 Å². The summed E-state index contributed by atoms with van der Waals surface area (Å²) in [5.74, 6) is 0. The molecule has 6 nitrogen and oxygen atoms in total. The molecule has 0 saturated heterocycles. The molecule has 0 spiro atoms. The van der Waals surface area contributed by atoms with Crippen molar-refractivity contribution in [3.8, 4) is 0 Å². The average Bonchev–Trinajstić information content (AvgIpc) is 3.23. The highest BCUT2D eigenvalue weighted by molar-refractivity contribution is 5.90. The molecule has 4 N–H and O–H groups in total. The van der Waals surface area contributed by atoms with Crippen molar-refractivity contribution >= 4 is 46.6 Å². The highest BCUT2D eigenvalue weighted by atomic mass is 15.0. The molecule has 6 heteroatoms. The maximum absolute atomic E-state index is 4.45. The van der Waals surface area contributed by atoms with E-state index >= 15 is 0 Å². The Bertz CT molecular complexity index is 2410. The van der Waals surface area contributed by atoms with Gasteiger partial charge in [0, 0.05) is 17.6 Å². The SMILES string of the molecule is C1=CC2=CC=C(c3ccc4c(c3)NC(c3ccncn3)C=C4)NC2C=C1c1ccc(C2C=Cc3ccc4c(c3N2)NC(c2ccccc2)C=C4)cc1. The second-order valence-corrected chi connectivity index (χ2v) is 13.7. The number of hydrogen-bond donors (Lipinski definition) is 4.